The predicted molar refractivity (Wildman–Crippen MR) is 436 cm³/mol. The van der Waals surface area contributed by atoms with E-state index in [0.29, 0.717) is 86.6 Å². The number of ether oxygens (including phenoxy) is 2. The summed E-state index contributed by atoms with van der Waals surface area (Å²) in [6.45, 7) is 14.2. The maximum Gasteiger partial charge on any atom is 0.412 e. The number of halogens is 3. The summed E-state index contributed by atoms with van der Waals surface area (Å²) in [6.07, 6.45) is 27.5. The largest absolute Gasteiger partial charge is 0.447 e. The number of urea groups is 1. The highest BCUT2D eigenvalue weighted by molar-refractivity contribution is 6.31. The highest BCUT2D eigenvalue weighted by Crippen LogP contribution is 2.48. The standard InChI is InChI=1S/C30H36ClN7O.C27H31ClN6O3.C27H31ClN6O2/c1-36-19-33-18-26(36)27(32)25-16-20-6-5-11-34-28(20)29(23-10-9-21(31)17-24(23)25)37-12-14-38(15-13-37)30(39)35-22-7-3-2-4-8-22;1-27(2,36)37-26(35)34-11-9-33(10-12-34)25-19-7-6-18(28)14-20(19)21(13-17-5-4-8-31-24(17)25)23(29)22-15-30-16-32(22)3;1-17(2)36-27(35)34-11-9-33(10-12-34)26-20-7-6-19(28)14-21(20)22(13-18-5-4-8-31-25(18)26)24(29)23-15-30-16-32(23)3/h5-6,9-11,16-19,22,27,29H,2-4,7-8,12-15,32H2,1H3,(H,35,39);4-8,13-16,23,25,36H,9-12,29H2,1-3H3;4-8,13-17,24,26H,9-12,29H2,1-3H3/t27?,29-;23?,25-;24?,26-/m000/s1. The molecular weight excluding hydrogens is 1480 g/mol. The first-order valence-electron chi connectivity index (χ1n) is 38.4. The molecule has 3 aliphatic heterocycles. The van der Waals surface area contributed by atoms with Crippen LogP contribution in [0.2, 0.25) is 15.1 Å². The zero-order valence-electron chi connectivity index (χ0n) is 64.3. The fraction of sp³-hybridized carbons (Fsp3) is 0.393. The molecule has 6 aromatic heterocycles. The highest BCUT2D eigenvalue weighted by Gasteiger charge is 2.40. The SMILES string of the molecule is CC(C)OC(=O)N1CCN([C@H]2c3ccc(Cl)cc3C(C(N)c3cncn3C)=Cc3cccnc32)CC1.Cn1cncc1C(N)C1=Cc2cccnc2[C@@H](N2CCN(C(=O)NC3CCCCC3)CC2)c2ccc(Cl)cc21.Cn1cncc1C(N)C1=Cc2cccnc2[C@@H](N2CCN(C(=O)OC(C)(C)O)CC2)c2ccc(Cl)cc21. The van der Waals surface area contributed by atoms with Gasteiger partial charge in [-0.1, -0.05) is 90.5 Å². The van der Waals surface area contributed by atoms with Gasteiger partial charge >= 0.3 is 18.2 Å². The fourth-order valence-corrected chi connectivity index (χ4v) is 17.0. The molecule has 7 aliphatic rings. The predicted octanol–water partition coefficient (Wildman–Crippen LogP) is 12.6. The minimum Gasteiger partial charge on any atom is -0.447 e. The number of hydrogen-bond donors (Lipinski definition) is 5. The molecule has 9 heterocycles. The van der Waals surface area contributed by atoms with Crippen molar-refractivity contribution in [3.8, 4) is 0 Å². The van der Waals surface area contributed by atoms with Gasteiger partial charge in [0.2, 0.25) is 5.79 Å². The molecule has 4 amide bonds. The van der Waals surface area contributed by atoms with Gasteiger partial charge in [-0.05, 0) is 166 Å². The number of aromatic nitrogens is 9. The molecule has 8 N–H and O–H groups in total. The summed E-state index contributed by atoms with van der Waals surface area (Å²) in [5.41, 5.74) is 38.4. The number of piperazine rings is 3. The van der Waals surface area contributed by atoms with Crippen LogP contribution in [0, 0.1) is 0 Å². The molecule has 0 radical (unpaired) electrons. The third-order valence-corrected chi connectivity index (χ3v) is 22.9. The van der Waals surface area contributed by atoms with Crippen LogP contribution in [0.5, 0.6) is 0 Å². The van der Waals surface area contributed by atoms with Crippen LogP contribution in [0.1, 0.15) is 180 Å². The number of aliphatic hydroxyl groups is 1. The second-order valence-electron chi connectivity index (χ2n) is 30.5. The molecule has 0 spiro atoms. The van der Waals surface area contributed by atoms with Crippen LogP contribution in [0.3, 0.4) is 0 Å². The van der Waals surface area contributed by atoms with Gasteiger partial charge < -0.3 is 65.5 Å². The van der Waals surface area contributed by atoms with E-state index in [9.17, 15) is 19.5 Å². The number of aryl methyl sites for hydroxylation is 3. The maximum absolute atomic E-state index is 13.0. The van der Waals surface area contributed by atoms with E-state index in [2.05, 4.69) is 83.5 Å². The second kappa shape index (κ2) is 34.4. The minimum absolute atomic E-state index is 0.0687. The van der Waals surface area contributed by atoms with Gasteiger partial charge in [0, 0.05) is 153 Å². The van der Waals surface area contributed by atoms with Gasteiger partial charge in [0.1, 0.15) is 0 Å². The Labute approximate surface area is 668 Å². The van der Waals surface area contributed by atoms with Crippen molar-refractivity contribution in [2.24, 2.45) is 38.3 Å². The molecule has 586 valence electrons. The fourth-order valence-electron chi connectivity index (χ4n) is 16.5. The van der Waals surface area contributed by atoms with Gasteiger partial charge in [0.05, 0.1) is 114 Å². The van der Waals surface area contributed by atoms with Gasteiger partial charge in [-0.15, -0.1) is 0 Å². The molecule has 3 saturated heterocycles. The molecule has 0 bridgehead atoms. The Hall–Kier alpha value is -9.64. The van der Waals surface area contributed by atoms with Crippen LogP contribution in [0.4, 0.5) is 14.4 Å². The van der Waals surface area contributed by atoms with Crippen LogP contribution in [0.25, 0.3) is 34.9 Å². The highest BCUT2D eigenvalue weighted by atomic mass is 35.5. The molecule has 3 unspecified atom stereocenters. The van der Waals surface area contributed by atoms with Crippen molar-refractivity contribution < 1.29 is 29.0 Å². The summed E-state index contributed by atoms with van der Waals surface area (Å²) in [5.74, 6) is -1.52. The zero-order valence-corrected chi connectivity index (χ0v) is 66.6. The Morgan fingerprint density at radius 3 is 1.15 bits per heavy atom. The van der Waals surface area contributed by atoms with Crippen LogP contribution >= 0.6 is 34.8 Å². The molecule has 112 heavy (non-hydrogen) atoms. The molecule has 6 atom stereocenters. The van der Waals surface area contributed by atoms with Gasteiger partial charge in [-0.3, -0.25) is 29.7 Å². The van der Waals surface area contributed by atoms with Crippen molar-refractivity contribution in [3.63, 3.8) is 0 Å². The van der Waals surface area contributed by atoms with E-state index in [1.165, 1.54) is 33.1 Å². The Bertz CT molecular complexity index is 4980. The maximum atomic E-state index is 13.0. The van der Waals surface area contributed by atoms with E-state index in [4.69, 9.17) is 76.4 Å². The third-order valence-electron chi connectivity index (χ3n) is 22.2. The Morgan fingerprint density at radius 2 is 0.830 bits per heavy atom. The molecule has 25 nitrogen and oxygen atoms in total. The molecule has 16 rings (SSSR count). The molecule has 9 aromatic rings. The normalized spacial score (nSPS) is 19.6. The lowest BCUT2D eigenvalue weighted by molar-refractivity contribution is -0.140. The number of benzene rings is 3. The first-order valence-corrected chi connectivity index (χ1v) is 39.6. The summed E-state index contributed by atoms with van der Waals surface area (Å²) in [6, 6.07) is 28.9. The third kappa shape index (κ3) is 17.3. The Morgan fingerprint density at radius 1 is 0.491 bits per heavy atom. The number of nitrogens with zero attached hydrogens (tertiary/aromatic N) is 15. The van der Waals surface area contributed by atoms with Gasteiger partial charge in [-0.25, -0.2) is 29.3 Å². The van der Waals surface area contributed by atoms with Gasteiger partial charge in [-0.2, -0.15) is 0 Å². The first kappa shape index (κ1) is 79.0. The van der Waals surface area contributed by atoms with E-state index >= 15 is 0 Å². The van der Waals surface area contributed by atoms with Crippen LogP contribution in [-0.4, -0.2) is 193 Å². The summed E-state index contributed by atoms with van der Waals surface area (Å²) < 4.78 is 16.4. The summed E-state index contributed by atoms with van der Waals surface area (Å²) in [4.78, 5) is 77.9. The van der Waals surface area contributed by atoms with Crippen molar-refractivity contribution in [1.82, 2.24) is 78.3 Å². The second-order valence-corrected chi connectivity index (χ2v) is 31.8. The number of nitrogens with two attached hydrogens (primary N) is 3. The molecule has 28 heteroatoms. The lowest BCUT2D eigenvalue weighted by Crippen LogP contribution is -2.54. The van der Waals surface area contributed by atoms with Crippen molar-refractivity contribution >= 4 is 88.0 Å². The number of amides is 4. The van der Waals surface area contributed by atoms with Gasteiger partial charge in [0.15, 0.2) is 0 Å². The van der Waals surface area contributed by atoms with Crippen LogP contribution < -0.4 is 22.5 Å². The van der Waals surface area contributed by atoms with E-state index in [1.807, 2.05) is 133 Å². The lowest BCUT2D eigenvalue weighted by Gasteiger charge is -2.40. The van der Waals surface area contributed by atoms with Gasteiger partial charge in [0.25, 0.3) is 0 Å². The molecule has 4 fully saturated rings. The number of pyridine rings is 3. The topological polar surface area (TPSA) is 292 Å². The molecule has 4 aliphatic carbocycles. The number of carbonyl (C=O) groups excluding carboxylic acids is 3. The van der Waals surface area contributed by atoms with Crippen LogP contribution in [0.15, 0.2) is 147 Å². The number of nitrogens with one attached hydrogen (secondary N) is 1. The number of imidazole rings is 3. The minimum atomic E-state index is -1.52. The molecular formula is C84H98Cl3N19O6. The summed E-state index contributed by atoms with van der Waals surface area (Å²) >= 11 is 19.6. The quantitative estimate of drug-likeness (QED) is 0.0710. The molecule has 3 aromatic carbocycles. The van der Waals surface area contributed by atoms with Crippen molar-refractivity contribution in [2.75, 3.05) is 78.5 Å². The Balaban J connectivity index is 0.000000140. The van der Waals surface area contributed by atoms with E-state index in [-0.39, 0.29) is 42.4 Å². The van der Waals surface area contributed by atoms with E-state index in [1.54, 1.807) is 47.4 Å². The van der Waals surface area contributed by atoms with Crippen molar-refractivity contribution in [3.05, 3.63) is 246 Å². The van der Waals surface area contributed by atoms with Crippen LogP contribution in [-0.2, 0) is 30.6 Å². The number of hydrogen-bond acceptors (Lipinski definition) is 18. The number of carbonyl (C=O) groups is 3. The monoisotopic (exact) mass is 1570 g/mol. The van der Waals surface area contributed by atoms with Crippen molar-refractivity contribution in [1.29, 1.82) is 0 Å². The van der Waals surface area contributed by atoms with Crippen molar-refractivity contribution in [2.45, 2.75) is 114 Å². The average Bonchev–Trinajstić information content (AvgIpc) is 1.60. The molecule has 1 saturated carbocycles. The smallest absolute Gasteiger partial charge is 0.412 e. The lowest BCUT2D eigenvalue weighted by atomic mass is 9.90. The van der Waals surface area contributed by atoms with E-state index in [0.717, 1.165) is 127 Å². The Kier molecular flexibility index (Phi) is 24.2. The summed E-state index contributed by atoms with van der Waals surface area (Å²) in [7, 11) is 5.83. The number of fused-ring (bicyclic) bond motifs is 6. The first-order chi connectivity index (χ1) is 53.9. The average molecular weight is 1580 g/mol. The number of rotatable bonds is 12. The van der Waals surface area contributed by atoms with E-state index < -0.39 is 24.0 Å². The summed E-state index contributed by atoms with van der Waals surface area (Å²) in [5, 5.41) is 15.1. The zero-order chi connectivity index (χ0) is 78.6.